The molecule has 34 heavy (non-hydrogen) atoms. The van der Waals surface area contributed by atoms with Crippen molar-refractivity contribution in [1.82, 2.24) is 10.6 Å². The summed E-state index contributed by atoms with van der Waals surface area (Å²) in [6.45, 7) is 0.353. The average Bonchev–Trinajstić information content (AvgIpc) is 3.33. The lowest BCUT2D eigenvalue weighted by molar-refractivity contribution is -0.0886. The van der Waals surface area contributed by atoms with Crippen molar-refractivity contribution in [1.29, 1.82) is 0 Å². The van der Waals surface area contributed by atoms with Gasteiger partial charge >= 0.3 is 6.03 Å². The summed E-state index contributed by atoms with van der Waals surface area (Å²) in [5, 5.41) is 18.3. The van der Waals surface area contributed by atoms with Crippen LogP contribution in [-0.2, 0) is 4.74 Å². The summed E-state index contributed by atoms with van der Waals surface area (Å²) in [6.07, 6.45) is 1.25. The van der Waals surface area contributed by atoms with Gasteiger partial charge in [0, 0.05) is 12.1 Å². The number of aliphatic hydroxyl groups excluding tert-OH is 1. The summed E-state index contributed by atoms with van der Waals surface area (Å²) in [7, 11) is 1.53. The first-order valence-electron chi connectivity index (χ1n) is 11.2. The molecule has 2 aliphatic heterocycles. The monoisotopic (exact) mass is 471 g/mol. The van der Waals surface area contributed by atoms with E-state index in [-0.39, 0.29) is 31.5 Å². The zero-order valence-electron chi connectivity index (χ0n) is 18.9. The van der Waals surface area contributed by atoms with Crippen molar-refractivity contribution < 1.29 is 33.6 Å². The van der Waals surface area contributed by atoms with Gasteiger partial charge in [0.05, 0.1) is 31.5 Å². The number of carbonyl (C=O) groups is 2. The maximum atomic E-state index is 12.5. The van der Waals surface area contributed by atoms with Crippen molar-refractivity contribution in [2.45, 2.75) is 37.5 Å². The SMILES string of the molecule is COc1ccccc1NC(=O)N[C@H]1CC[C@H](CCNC(=O)c2ccc3c(c2)OCO3)O[C@@H]1CO. The van der Waals surface area contributed by atoms with Crippen LogP contribution < -0.4 is 30.2 Å². The Labute approximate surface area is 197 Å². The molecule has 0 aliphatic carbocycles. The van der Waals surface area contributed by atoms with Crippen LogP contribution in [0.25, 0.3) is 0 Å². The molecule has 0 radical (unpaired) electrons. The number of benzene rings is 2. The van der Waals surface area contributed by atoms with Crippen molar-refractivity contribution in [2.24, 2.45) is 0 Å². The Balaban J connectivity index is 1.22. The minimum absolute atomic E-state index is 0.135. The number of hydrogen-bond acceptors (Lipinski definition) is 7. The third-order valence-corrected chi connectivity index (χ3v) is 5.85. The summed E-state index contributed by atoms with van der Waals surface area (Å²) < 4.78 is 21.8. The number of para-hydroxylation sites is 2. The van der Waals surface area contributed by atoms with Gasteiger partial charge in [0.15, 0.2) is 11.5 Å². The maximum Gasteiger partial charge on any atom is 0.319 e. The highest BCUT2D eigenvalue weighted by atomic mass is 16.7. The number of amides is 3. The number of nitrogens with one attached hydrogen (secondary N) is 3. The molecule has 0 spiro atoms. The predicted molar refractivity (Wildman–Crippen MR) is 123 cm³/mol. The van der Waals surface area contributed by atoms with Crippen molar-refractivity contribution in [3.63, 3.8) is 0 Å². The topological polar surface area (TPSA) is 127 Å². The summed E-state index contributed by atoms with van der Waals surface area (Å²) in [6, 6.07) is 11.4. The molecule has 4 N–H and O–H groups in total. The van der Waals surface area contributed by atoms with Gasteiger partial charge in [-0.05, 0) is 49.6 Å². The minimum atomic E-state index is -0.535. The van der Waals surface area contributed by atoms with Gasteiger partial charge < -0.3 is 40.0 Å². The van der Waals surface area contributed by atoms with E-state index >= 15 is 0 Å². The molecule has 0 saturated carbocycles. The summed E-state index contributed by atoms with van der Waals surface area (Å²) in [5.74, 6) is 1.53. The molecule has 1 fully saturated rings. The number of rotatable bonds is 8. The van der Waals surface area contributed by atoms with E-state index in [1.807, 2.05) is 6.07 Å². The lowest BCUT2D eigenvalue weighted by atomic mass is 9.97. The molecule has 182 valence electrons. The van der Waals surface area contributed by atoms with Gasteiger partial charge in [0.25, 0.3) is 5.91 Å². The summed E-state index contributed by atoms with van der Waals surface area (Å²) in [4.78, 5) is 24.9. The van der Waals surface area contributed by atoms with E-state index in [0.717, 1.165) is 0 Å². The second-order valence-corrected chi connectivity index (χ2v) is 8.07. The first-order chi connectivity index (χ1) is 16.6. The number of hydrogen-bond donors (Lipinski definition) is 4. The van der Waals surface area contributed by atoms with E-state index in [1.54, 1.807) is 36.4 Å². The molecule has 0 unspecified atom stereocenters. The molecule has 1 saturated heterocycles. The summed E-state index contributed by atoms with van der Waals surface area (Å²) in [5.41, 5.74) is 1.04. The van der Waals surface area contributed by atoms with Crippen LogP contribution in [0.1, 0.15) is 29.6 Å². The second kappa shape index (κ2) is 11.1. The van der Waals surface area contributed by atoms with E-state index in [9.17, 15) is 14.7 Å². The normalized spacial score (nSPS) is 20.9. The van der Waals surface area contributed by atoms with E-state index in [2.05, 4.69) is 16.0 Å². The number of aliphatic hydroxyl groups is 1. The van der Waals surface area contributed by atoms with Crippen LogP contribution in [0.15, 0.2) is 42.5 Å². The molecule has 3 amide bonds. The highest BCUT2D eigenvalue weighted by Gasteiger charge is 2.32. The fraction of sp³-hybridized carbons (Fsp3) is 0.417. The first-order valence-corrected chi connectivity index (χ1v) is 11.2. The van der Waals surface area contributed by atoms with Crippen LogP contribution in [-0.4, -0.2) is 62.3 Å². The zero-order chi connectivity index (χ0) is 23.9. The van der Waals surface area contributed by atoms with Crippen LogP contribution in [0.2, 0.25) is 0 Å². The standard InChI is InChI=1S/C24H29N3O7/c1-31-19-5-3-2-4-17(19)26-24(30)27-18-8-7-16(34-22(18)13-28)10-11-25-23(29)15-6-9-20-21(12-15)33-14-32-20/h2-6,9,12,16,18,22,28H,7-8,10-11,13-14H2,1H3,(H,25,29)(H2,26,27,30)/t16-,18+,22-/m1/s1. The lowest BCUT2D eigenvalue weighted by Gasteiger charge is -2.36. The zero-order valence-corrected chi connectivity index (χ0v) is 18.9. The average molecular weight is 472 g/mol. The molecule has 10 heteroatoms. The minimum Gasteiger partial charge on any atom is -0.495 e. The van der Waals surface area contributed by atoms with Crippen molar-refractivity contribution in [2.75, 3.05) is 32.4 Å². The van der Waals surface area contributed by atoms with E-state index in [4.69, 9.17) is 18.9 Å². The molecule has 3 atom stereocenters. The van der Waals surface area contributed by atoms with Gasteiger partial charge in [-0.1, -0.05) is 12.1 Å². The molecule has 2 heterocycles. The molecule has 2 aromatic rings. The van der Waals surface area contributed by atoms with E-state index < -0.39 is 12.1 Å². The van der Waals surface area contributed by atoms with E-state index in [1.165, 1.54) is 7.11 Å². The van der Waals surface area contributed by atoms with Crippen molar-refractivity contribution in [3.05, 3.63) is 48.0 Å². The summed E-state index contributed by atoms with van der Waals surface area (Å²) >= 11 is 0. The molecule has 4 rings (SSSR count). The van der Waals surface area contributed by atoms with Gasteiger partial charge in [0.2, 0.25) is 6.79 Å². The maximum absolute atomic E-state index is 12.5. The third-order valence-electron chi connectivity index (χ3n) is 5.85. The lowest BCUT2D eigenvalue weighted by Crippen LogP contribution is -2.52. The molecular weight excluding hydrogens is 442 g/mol. The first kappa shape index (κ1) is 23.7. The van der Waals surface area contributed by atoms with Gasteiger partial charge in [0.1, 0.15) is 11.9 Å². The Kier molecular flexibility index (Phi) is 7.71. The highest BCUT2D eigenvalue weighted by molar-refractivity contribution is 5.95. The molecule has 10 nitrogen and oxygen atoms in total. The number of methoxy groups -OCH3 is 1. The van der Waals surface area contributed by atoms with E-state index in [0.29, 0.717) is 54.3 Å². The largest absolute Gasteiger partial charge is 0.495 e. The third kappa shape index (κ3) is 5.70. The Bertz CT molecular complexity index is 1020. The Morgan fingerprint density at radius 1 is 1.12 bits per heavy atom. The molecule has 2 aromatic carbocycles. The number of urea groups is 1. The van der Waals surface area contributed by atoms with Gasteiger partial charge in [-0.3, -0.25) is 4.79 Å². The van der Waals surface area contributed by atoms with Gasteiger partial charge in [-0.2, -0.15) is 0 Å². The fourth-order valence-corrected chi connectivity index (χ4v) is 4.07. The van der Waals surface area contributed by atoms with Gasteiger partial charge in [-0.15, -0.1) is 0 Å². The van der Waals surface area contributed by atoms with Crippen LogP contribution >= 0.6 is 0 Å². The van der Waals surface area contributed by atoms with Crippen molar-refractivity contribution >= 4 is 17.6 Å². The fourth-order valence-electron chi connectivity index (χ4n) is 4.07. The van der Waals surface area contributed by atoms with Crippen LogP contribution in [0.5, 0.6) is 17.2 Å². The number of anilines is 1. The van der Waals surface area contributed by atoms with Crippen molar-refractivity contribution in [3.8, 4) is 17.2 Å². The smallest absolute Gasteiger partial charge is 0.319 e. The highest BCUT2D eigenvalue weighted by Crippen LogP contribution is 2.32. The molecule has 0 aromatic heterocycles. The Morgan fingerprint density at radius 3 is 2.76 bits per heavy atom. The molecule has 0 bridgehead atoms. The molecular formula is C24H29N3O7. The predicted octanol–water partition coefficient (Wildman–Crippen LogP) is 2.27. The Hall–Kier alpha value is -3.50. The van der Waals surface area contributed by atoms with Crippen LogP contribution in [0.4, 0.5) is 10.5 Å². The van der Waals surface area contributed by atoms with Crippen LogP contribution in [0.3, 0.4) is 0 Å². The Morgan fingerprint density at radius 2 is 1.94 bits per heavy atom. The number of carbonyl (C=O) groups excluding carboxylic acids is 2. The number of fused-ring (bicyclic) bond motifs is 1. The number of ether oxygens (including phenoxy) is 4. The quantitative estimate of drug-likeness (QED) is 0.465. The van der Waals surface area contributed by atoms with Crippen LogP contribution in [0, 0.1) is 0 Å². The second-order valence-electron chi connectivity index (χ2n) is 8.07. The molecule has 2 aliphatic rings. The van der Waals surface area contributed by atoms with Gasteiger partial charge in [-0.25, -0.2) is 4.79 Å².